The molecule has 2 aliphatic rings. The summed E-state index contributed by atoms with van der Waals surface area (Å²) in [5, 5.41) is 6.36. The van der Waals surface area contributed by atoms with Crippen LogP contribution < -0.4 is 10.6 Å². The lowest BCUT2D eigenvalue weighted by atomic mass is 10.2. The number of amides is 1. The lowest BCUT2D eigenvalue weighted by molar-refractivity contribution is 0.0505. The second-order valence-corrected chi connectivity index (χ2v) is 7.60. The highest BCUT2D eigenvalue weighted by atomic mass is 16.6. The number of hydrogen-bond donors (Lipinski definition) is 2. The first-order chi connectivity index (χ1) is 10.9. The maximum atomic E-state index is 11.8. The van der Waals surface area contributed by atoms with Gasteiger partial charge in [-0.15, -0.1) is 0 Å². The normalized spacial score (nSPS) is 24.3. The van der Waals surface area contributed by atoms with E-state index in [1.807, 2.05) is 33.2 Å². The molecule has 2 atom stereocenters. The van der Waals surface area contributed by atoms with E-state index in [2.05, 4.69) is 20.6 Å². The van der Waals surface area contributed by atoms with E-state index in [9.17, 15) is 4.79 Å². The van der Waals surface area contributed by atoms with Gasteiger partial charge in [0, 0.05) is 18.0 Å². The third-order valence-corrected chi connectivity index (χ3v) is 4.17. The van der Waals surface area contributed by atoms with E-state index in [-0.39, 0.29) is 12.1 Å². The third-order valence-electron chi connectivity index (χ3n) is 4.17. The van der Waals surface area contributed by atoms with Crippen molar-refractivity contribution >= 4 is 11.9 Å². The molecule has 1 aromatic rings. The van der Waals surface area contributed by atoms with Crippen molar-refractivity contribution < 1.29 is 9.53 Å². The number of nitrogens with one attached hydrogen (secondary N) is 2. The summed E-state index contributed by atoms with van der Waals surface area (Å²) >= 11 is 0. The summed E-state index contributed by atoms with van der Waals surface area (Å²) < 4.78 is 5.30. The lowest BCUT2D eigenvalue weighted by Crippen LogP contribution is -2.38. The summed E-state index contributed by atoms with van der Waals surface area (Å²) in [5.41, 5.74) is 0.644. The summed E-state index contributed by atoms with van der Waals surface area (Å²) in [6.45, 7) is 5.61. The molecule has 0 bridgehead atoms. The minimum atomic E-state index is -0.459. The third kappa shape index (κ3) is 4.81. The zero-order valence-corrected chi connectivity index (χ0v) is 14.1. The van der Waals surface area contributed by atoms with Gasteiger partial charge in [0.15, 0.2) is 0 Å². The topological polar surface area (TPSA) is 76.1 Å². The van der Waals surface area contributed by atoms with Gasteiger partial charge in [-0.2, -0.15) is 0 Å². The Balaban J connectivity index is 1.45. The highest BCUT2D eigenvalue weighted by Gasteiger charge is 2.28. The predicted octanol–water partition coefficient (Wildman–Crippen LogP) is 3.21. The first-order valence-electron chi connectivity index (χ1n) is 8.47. The van der Waals surface area contributed by atoms with Crippen LogP contribution in [0.5, 0.6) is 0 Å². The Morgan fingerprint density at radius 2 is 1.87 bits per heavy atom. The van der Waals surface area contributed by atoms with Gasteiger partial charge in [-0.3, -0.25) is 4.98 Å². The molecule has 0 saturated heterocycles. The van der Waals surface area contributed by atoms with Crippen molar-refractivity contribution in [3.63, 3.8) is 0 Å². The van der Waals surface area contributed by atoms with Gasteiger partial charge in [0.2, 0.25) is 0 Å². The van der Waals surface area contributed by atoms with E-state index in [0.717, 1.165) is 30.8 Å². The molecule has 0 aromatic carbocycles. The van der Waals surface area contributed by atoms with Crippen LogP contribution in [-0.2, 0) is 4.74 Å². The van der Waals surface area contributed by atoms with Crippen molar-refractivity contribution in [1.29, 1.82) is 0 Å². The standard InChI is InChI=1S/C17H26N4O2/c1-17(2,3)23-16(22)21-13-7-6-12(8-13)20-15-10-18-14(9-19-15)11-4-5-11/h9-13H,4-8H2,1-3H3,(H,19,20)(H,21,22)/t12-,13-/m0/s1. The Hall–Kier alpha value is -1.85. The Bertz CT molecular complexity index is 549. The van der Waals surface area contributed by atoms with Crippen LogP contribution in [0.2, 0.25) is 0 Å². The lowest BCUT2D eigenvalue weighted by Gasteiger charge is -2.21. The minimum absolute atomic E-state index is 0.154. The fourth-order valence-corrected chi connectivity index (χ4v) is 2.93. The number of carbonyl (C=O) groups is 1. The quantitative estimate of drug-likeness (QED) is 0.891. The van der Waals surface area contributed by atoms with Crippen LogP contribution >= 0.6 is 0 Å². The maximum absolute atomic E-state index is 11.8. The molecule has 0 spiro atoms. The van der Waals surface area contributed by atoms with Gasteiger partial charge >= 0.3 is 6.09 Å². The fraction of sp³-hybridized carbons (Fsp3) is 0.706. The predicted molar refractivity (Wildman–Crippen MR) is 88.4 cm³/mol. The summed E-state index contributed by atoms with van der Waals surface area (Å²) in [5.74, 6) is 1.45. The van der Waals surface area contributed by atoms with Gasteiger partial charge in [-0.25, -0.2) is 9.78 Å². The van der Waals surface area contributed by atoms with Crippen molar-refractivity contribution in [1.82, 2.24) is 15.3 Å². The molecule has 2 saturated carbocycles. The average Bonchev–Trinajstić information content (AvgIpc) is 3.20. The molecule has 6 heteroatoms. The molecular formula is C17H26N4O2. The van der Waals surface area contributed by atoms with Crippen LogP contribution in [0.4, 0.5) is 10.6 Å². The number of aromatic nitrogens is 2. The van der Waals surface area contributed by atoms with Gasteiger partial charge in [0.1, 0.15) is 11.4 Å². The van der Waals surface area contributed by atoms with Crippen molar-refractivity contribution in [2.24, 2.45) is 0 Å². The van der Waals surface area contributed by atoms with E-state index in [1.165, 1.54) is 12.8 Å². The monoisotopic (exact) mass is 318 g/mol. The van der Waals surface area contributed by atoms with Crippen LogP contribution in [0, 0.1) is 0 Å². The van der Waals surface area contributed by atoms with Crippen LogP contribution in [0.15, 0.2) is 12.4 Å². The molecule has 2 fully saturated rings. The van der Waals surface area contributed by atoms with E-state index >= 15 is 0 Å². The highest BCUT2D eigenvalue weighted by Crippen LogP contribution is 2.38. The molecule has 6 nitrogen and oxygen atoms in total. The van der Waals surface area contributed by atoms with E-state index in [0.29, 0.717) is 12.0 Å². The summed E-state index contributed by atoms with van der Waals surface area (Å²) in [7, 11) is 0. The van der Waals surface area contributed by atoms with Gasteiger partial charge in [-0.05, 0) is 52.9 Å². The summed E-state index contributed by atoms with van der Waals surface area (Å²) in [6, 6.07) is 0.469. The maximum Gasteiger partial charge on any atom is 0.407 e. The second kappa shape index (κ2) is 6.34. The molecule has 0 aliphatic heterocycles. The fourth-order valence-electron chi connectivity index (χ4n) is 2.93. The zero-order chi connectivity index (χ0) is 16.4. The minimum Gasteiger partial charge on any atom is -0.444 e. The number of alkyl carbamates (subject to hydrolysis) is 1. The van der Waals surface area contributed by atoms with E-state index in [4.69, 9.17) is 4.74 Å². The number of anilines is 1. The van der Waals surface area contributed by atoms with Crippen LogP contribution in [0.25, 0.3) is 0 Å². The molecule has 23 heavy (non-hydrogen) atoms. The Morgan fingerprint density at radius 3 is 2.48 bits per heavy atom. The number of carbonyl (C=O) groups excluding carboxylic acids is 1. The van der Waals surface area contributed by atoms with Crippen molar-refractivity contribution in [3.8, 4) is 0 Å². The van der Waals surface area contributed by atoms with Crippen molar-refractivity contribution in [2.75, 3.05) is 5.32 Å². The molecule has 1 aromatic heterocycles. The van der Waals surface area contributed by atoms with E-state index in [1.54, 1.807) is 0 Å². The summed E-state index contributed by atoms with van der Waals surface area (Å²) in [6.07, 6.45) is 8.68. The number of ether oxygens (including phenoxy) is 1. The van der Waals surface area contributed by atoms with Crippen molar-refractivity contribution in [3.05, 3.63) is 18.1 Å². The molecule has 2 N–H and O–H groups in total. The Morgan fingerprint density at radius 1 is 1.13 bits per heavy atom. The van der Waals surface area contributed by atoms with Crippen molar-refractivity contribution in [2.45, 2.75) is 76.5 Å². The molecule has 1 heterocycles. The SMILES string of the molecule is CC(C)(C)OC(=O)N[C@H]1CC[C@H](Nc2cnc(C3CC3)cn2)C1. The van der Waals surface area contributed by atoms with Crippen LogP contribution in [0.3, 0.4) is 0 Å². The highest BCUT2D eigenvalue weighted by molar-refractivity contribution is 5.68. The largest absolute Gasteiger partial charge is 0.444 e. The smallest absolute Gasteiger partial charge is 0.407 e. The Labute approximate surface area is 137 Å². The first kappa shape index (κ1) is 16.0. The molecular weight excluding hydrogens is 292 g/mol. The average molecular weight is 318 g/mol. The molecule has 0 radical (unpaired) electrons. The summed E-state index contributed by atoms with van der Waals surface area (Å²) in [4.78, 5) is 20.7. The molecule has 126 valence electrons. The molecule has 2 aliphatic carbocycles. The number of hydrogen-bond acceptors (Lipinski definition) is 5. The second-order valence-electron chi connectivity index (χ2n) is 7.60. The van der Waals surface area contributed by atoms with Crippen LogP contribution in [0.1, 0.15) is 64.5 Å². The first-order valence-corrected chi connectivity index (χ1v) is 8.47. The molecule has 0 unspecified atom stereocenters. The van der Waals surface area contributed by atoms with Gasteiger partial charge < -0.3 is 15.4 Å². The number of nitrogens with zero attached hydrogens (tertiary/aromatic N) is 2. The van der Waals surface area contributed by atoms with Gasteiger partial charge in [0.25, 0.3) is 0 Å². The molecule has 3 rings (SSSR count). The molecule has 1 amide bonds. The van der Waals surface area contributed by atoms with E-state index < -0.39 is 5.60 Å². The number of rotatable bonds is 4. The Kier molecular flexibility index (Phi) is 4.41. The van der Waals surface area contributed by atoms with Gasteiger partial charge in [0.05, 0.1) is 18.1 Å². The van der Waals surface area contributed by atoms with Crippen LogP contribution in [-0.4, -0.2) is 33.7 Å². The van der Waals surface area contributed by atoms with Gasteiger partial charge in [-0.1, -0.05) is 0 Å². The zero-order valence-electron chi connectivity index (χ0n) is 14.1.